The molecule has 1 aromatic carbocycles. The van der Waals surface area contributed by atoms with Gasteiger partial charge in [0, 0.05) is 25.5 Å². The quantitative estimate of drug-likeness (QED) is 0.778. The lowest BCUT2D eigenvalue weighted by molar-refractivity contribution is 0.100. The molecule has 0 radical (unpaired) electrons. The fourth-order valence-corrected chi connectivity index (χ4v) is 1.04. The molecule has 0 fully saturated rings. The first-order valence-electron chi connectivity index (χ1n) is 3.89. The highest BCUT2D eigenvalue weighted by atomic mass is 35.5. The third-order valence-corrected chi connectivity index (χ3v) is 1.82. The molecule has 0 saturated heterocycles. The van der Waals surface area contributed by atoms with Gasteiger partial charge in [0.1, 0.15) is 0 Å². The molecule has 0 aliphatic heterocycles. The van der Waals surface area contributed by atoms with Gasteiger partial charge in [0.05, 0.1) is 5.56 Å². The Morgan fingerprint density at radius 2 is 1.80 bits per heavy atom. The number of nitrogen functional groups attached to an aromatic ring is 1. The van der Waals surface area contributed by atoms with Crippen LogP contribution in [-0.2, 0) is 0 Å². The number of benzene rings is 1. The molecule has 0 heterocycles. The lowest BCUT2D eigenvalue weighted by Gasteiger charge is -2.13. The Balaban J connectivity index is 0. The molecule has 0 aliphatic rings. The van der Waals surface area contributed by atoms with Crippen molar-refractivity contribution in [2.75, 3.05) is 24.7 Å². The van der Waals surface area contributed by atoms with Crippen molar-refractivity contribution < 1.29 is 4.79 Å². The highest BCUT2D eigenvalue weighted by Crippen LogP contribution is 2.18. The van der Waals surface area contributed by atoms with Crippen molar-refractivity contribution >= 4 is 42.1 Å². The number of amides is 1. The van der Waals surface area contributed by atoms with Crippen LogP contribution in [0.5, 0.6) is 0 Å². The number of primary amides is 1. The Morgan fingerprint density at radius 1 is 1.27 bits per heavy atom. The Hall–Kier alpha value is -1.13. The predicted molar refractivity (Wildman–Crippen MR) is 68.2 cm³/mol. The van der Waals surface area contributed by atoms with E-state index in [-0.39, 0.29) is 24.8 Å². The topological polar surface area (TPSA) is 72.3 Å². The molecule has 0 aliphatic carbocycles. The van der Waals surface area contributed by atoms with Crippen LogP contribution in [-0.4, -0.2) is 20.0 Å². The zero-order valence-corrected chi connectivity index (χ0v) is 10.2. The lowest BCUT2D eigenvalue weighted by atomic mass is 10.1. The summed E-state index contributed by atoms with van der Waals surface area (Å²) < 4.78 is 0. The van der Waals surface area contributed by atoms with E-state index in [4.69, 9.17) is 11.5 Å². The van der Waals surface area contributed by atoms with Gasteiger partial charge in [-0.25, -0.2) is 0 Å². The van der Waals surface area contributed by atoms with E-state index in [2.05, 4.69) is 0 Å². The van der Waals surface area contributed by atoms with Gasteiger partial charge in [0.15, 0.2) is 0 Å². The molecular formula is C9H15Cl2N3O. The molecule has 0 unspecified atom stereocenters. The summed E-state index contributed by atoms with van der Waals surface area (Å²) in [6.07, 6.45) is 0. The standard InChI is InChI=1S/C9H13N3O.2ClH/c1-12(2)6-3-4-8(10)7(5-6)9(11)13;;/h3-5H,10H2,1-2H3,(H2,11,13);2*1H. The smallest absolute Gasteiger partial charge is 0.250 e. The van der Waals surface area contributed by atoms with Gasteiger partial charge in [0.25, 0.3) is 5.91 Å². The van der Waals surface area contributed by atoms with Crippen LogP contribution in [0.2, 0.25) is 0 Å². The molecule has 0 bridgehead atoms. The maximum atomic E-state index is 10.9. The molecule has 6 heteroatoms. The van der Waals surface area contributed by atoms with Crippen LogP contribution in [0.25, 0.3) is 0 Å². The van der Waals surface area contributed by atoms with E-state index in [1.807, 2.05) is 25.1 Å². The summed E-state index contributed by atoms with van der Waals surface area (Å²) >= 11 is 0. The monoisotopic (exact) mass is 251 g/mol. The second kappa shape index (κ2) is 6.37. The highest BCUT2D eigenvalue weighted by molar-refractivity contribution is 5.98. The summed E-state index contributed by atoms with van der Waals surface area (Å²) in [6.45, 7) is 0. The third kappa shape index (κ3) is 3.85. The van der Waals surface area contributed by atoms with Crippen molar-refractivity contribution in [3.63, 3.8) is 0 Å². The number of hydrogen-bond acceptors (Lipinski definition) is 3. The van der Waals surface area contributed by atoms with Gasteiger partial charge >= 0.3 is 0 Å². The van der Waals surface area contributed by atoms with Crippen LogP contribution < -0.4 is 16.4 Å². The minimum absolute atomic E-state index is 0. The molecule has 86 valence electrons. The first-order chi connectivity index (χ1) is 6.02. The molecule has 1 amide bonds. The van der Waals surface area contributed by atoms with E-state index < -0.39 is 5.91 Å². The summed E-state index contributed by atoms with van der Waals surface area (Å²) in [5.74, 6) is -0.499. The summed E-state index contributed by atoms with van der Waals surface area (Å²) in [5.41, 5.74) is 12.4. The summed E-state index contributed by atoms with van der Waals surface area (Å²) in [7, 11) is 3.77. The van der Waals surface area contributed by atoms with Gasteiger partial charge < -0.3 is 16.4 Å². The summed E-state index contributed by atoms with van der Waals surface area (Å²) in [4.78, 5) is 12.8. The number of anilines is 2. The van der Waals surface area contributed by atoms with E-state index in [0.717, 1.165) is 5.69 Å². The fraction of sp³-hybridized carbons (Fsp3) is 0.222. The van der Waals surface area contributed by atoms with Gasteiger partial charge in [-0.3, -0.25) is 4.79 Å². The Morgan fingerprint density at radius 3 is 2.20 bits per heavy atom. The second-order valence-electron chi connectivity index (χ2n) is 3.03. The van der Waals surface area contributed by atoms with Crippen LogP contribution in [0, 0.1) is 0 Å². The minimum Gasteiger partial charge on any atom is -0.398 e. The zero-order chi connectivity index (χ0) is 10.0. The SMILES string of the molecule is CN(C)c1ccc(N)c(C(N)=O)c1.Cl.Cl. The number of halogens is 2. The molecule has 4 N–H and O–H groups in total. The van der Waals surface area contributed by atoms with Gasteiger partial charge in [-0.05, 0) is 18.2 Å². The summed E-state index contributed by atoms with van der Waals surface area (Å²) in [5, 5.41) is 0. The van der Waals surface area contributed by atoms with E-state index in [1.165, 1.54) is 0 Å². The minimum atomic E-state index is -0.499. The van der Waals surface area contributed by atoms with Crippen molar-refractivity contribution in [1.29, 1.82) is 0 Å². The van der Waals surface area contributed by atoms with E-state index >= 15 is 0 Å². The van der Waals surface area contributed by atoms with E-state index in [1.54, 1.807) is 12.1 Å². The largest absolute Gasteiger partial charge is 0.398 e. The van der Waals surface area contributed by atoms with Crippen molar-refractivity contribution in [3.8, 4) is 0 Å². The second-order valence-corrected chi connectivity index (χ2v) is 3.03. The van der Waals surface area contributed by atoms with Crippen LogP contribution in [0.4, 0.5) is 11.4 Å². The van der Waals surface area contributed by atoms with Gasteiger partial charge in [0.2, 0.25) is 0 Å². The van der Waals surface area contributed by atoms with E-state index in [0.29, 0.717) is 11.3 Å². The number of carbonyl (C=O) groups excluding carboxylic acids is 1. The molecule has 0 saturated carbocycles. The molecule has 1 rings (SSSR count). The average Bonchev–Trinajstić information content (AvgIpc) is 2.04. The van der Waals surface area contributed by atoms with Crippen LogP contribution in [0.3, 0.4) is 0 Å². The number of rotatable bonds is 2. The number of hydrogen-bond donors (Lipinski definition) is 2. The summed E-state index contributed by atoms with van der Waals surface area (Å²) in [6, 6.07) is 5.19. The first-order valence-corrected chi connectivity index (χ1v) is 3.89. The maximum Gasteiger partial charge on any atom is 0.250 e. The molecule has 1 aromatic rings. The van der Waals surface area contributed by atoms with Crippen molar-refractivity contribution in [1.82, 2.24) is 0 Å². The van der Waals surface area contributed by atoms with E-state index in [9.17, 15) is 4.79 Å². The third-order valence-electron chi connectivity index (χ3n) is 1.82. The molecule has 0 spiro atoms. The average molecular weight is 252 g/mol. The van der Waals surface area contributed by atoms with Crippen molar-refractivity contribution in [3.05, 3.63) is 23.8 Å². The zero-order valence-electron chi connectivity index (χ0n) is 8.56. The van der Waals surface area contributed by atoms with Gasteiger partial charge in [-0.1, -0.05) is 0 Å². The van der Waals surface area contributed by atoms with Crippen LogP contribution in [0.1, 0.15) is 10.4 Å². The number of nitrogens with two attached hydrogens (primary N) is 2. The Kier molecular flexibility index (Phi) is 6.93. The fourth-order valence-electron chi connectivity index (χ4n) is 1.04. The van der Waals surface area contributed by atoms with Crippen LogP contribution in [0.15, 0.2) is 18.2 Å². The first kappa shape index (κ1) is 16.3. The Bertz CT molecular complexity index is 342. The predicted octanol–water partition coefficient (Wildman–Crippen LogP) is 1.28. The van der Waals surface area contributed by atoms with Crippen molar-refractivity contribution in [2.24, 2.45) is 5.73 Å². The van der Waals surface area contributed by atoms with Gasteiger partial charge in [-0.2, -0.15) is 0 Å². The molecule has 15 heavy (non-hydrogen) atoms. The number of carbonyl (C=O) groups is 1. The number of nitrogens with zero attached hydrogens (tertiary/aromatic N) is 1. The lowest BCUT2D eigenvalue weighted by Crippen LogP contribution is -2.15. The van der Waals surface area contributed by atoms with Gasteiger partial charge in [-0.15, -0.1) is 24.8 Å². The maximum absolute atomic E-state index is 10.9. The molecule has 4 nitrogen and oxygen atoms in total. The molecule has 0 atom stereocenters. The molecular weight excluding hydrogens is 237 g/mol. The highest BCUT2D eigenvalue weighted by Gasteiger charge is 2.06. The van der Waals surface area contributed by atoms with Crippen LogP contribution >= 0.6 is 24.8 Å². The Labute approximate surface area is 101 Å². The normalized spacial score (nSPS) is 8.40. The molecule has 0 aromatic heterocycles. The van der Waals surface area contributed by atoms with Crippen molar-refractivity contribution in [2.45, 2.75) is 0 Å².